The molecule has 6 heteroatoms. The number of ether oxygens (including phenoxy) is 1. The Labute approximate surface area is 116 Å². The number of nitrogens with zero attached hydrogens (tertiary/aromatic N) is 1. The van der Waals surface area contributed by atoms with E-state index < -0.39 is 6.10 Å². The molecule has 2 N–H and O–H groups in total. The van der Waals surface area contributed by atoms with Crippen LogP contribution in [0.1, 0.15) is 10.9 Å². The standard InChI is InChI=1S/C13H17NO4S/c1-18-11-4-2-3-9(5-11)13-14(6-10(16)7-15)12(17)8-19-13/h2-5,10,13,15-16H,6-8H2,1H3/t10-,13?/m0/s1. The largest absolute Gasteiger partial charge is 0.497 e. The fraction of sp³-hybridized carbons (Fsp3) is 0.462. The van der Waals surface area contributed by atoms with Crippen molar-refractivity contribution in [3.63, 3.8) is 0 Å². The van der Waals surface area contributed by atoms with Crippen LogP contribution in [0.25, 0.3) is 0 Å². The van der Waals surface area contributed by atoms with E-state index in [1.165, 1.54) is 11.8 Å². The molecule has 1 amide bonds. The topological polar surface area (TPSA) is 70.0 Å². The van der Waals surface area contributed by atoms with Gasteiger partial charge < -0.3 is 19.8 Å². The molecule has 0 radical (unpaired) electrons. The molecule has 0 aromatic heterocycles. The maximum atomic E-state index is 11.8. The average molecular weight is 283 g/mol. The molecule has 0 spiro atoms. The molecule has 1 aromatic carbocycles. The summed E-state index contributed by atoms with van der Waals surface area (Å²) in [6.45, 7) is -0.205. The van der Waals surface area contributed by atoms with E-state index in [1.807, 2.05) is 24.3 Å². The van der Waals surface area contributed by atoms with Crippen LogP contribution in [0.4, 0.5) is 0 Å². The lowest BCUT2D eigenvalue weighted by molar-refractivity contribution is -0.129. The van der Waals surface area contributed by atoms with Gasteiger partial charge in [0.15, 0.2) is 0 Å². The Balaban J connectivity index is 2.19. The number of amides is 1. The predicted octanol–water partition coefficient (Wildman–Crippen LogP) is 0.622. The van der Waals surface area contributed by atoms with E-state index in [0.717, 1.165) is 11.3 Å². The lowest BCUT2D eigenvalue weighted by atomic mass is 10.2. The highest BCUT2D eigenvalue weighted by molar-refractivity contribution is 8.00. The summed E-state index contributed by atoms with van der Waals surface area (Å²) in [6, 6.07) is 7.53. The van der Waals surface area contributed by atoms with Crippen molar-refractivity contribution in [3.8, 4) is 5.75 Å². The van der Waals surface area contributed by atoms with Gasteiger partial charge in [-0.3, -0.25) is 4.79 Å². The molecule has 1 saturated heterocycles. The number of β-amino-alcohol motifs (C(OH)–C–C–N with tert-alkyl or cyclic N) is 1. The molecule has 1 aliphatic heterocycles. The van der Waals surface area contributed by atoms with Gasteiger partial charge in [-0.1, -0.05) is 12.1 Å². The third-order valence-electron chi connectivity index (χ3n) is 2.97. The lowest BCUT2D eigenvalue weighted by Gasteiger charge is -2.26. The molecule has 2 atom stereocenters. The van der Waals surface area contributed by atoms with Crippen molar-refractivity contribution in [1.82, 2.24) is 4.90 Å². The number of benzene rings is 1. The molecule has 5 nitrogen and oxygen atoms in total. The van der Waals surface area contributed by atoms with Crippen LogP contribution in [0.15, 0.2) is 24.3 Å². The van der Waals surface area contributed by atoms with E-state index in [2.05, 4.69) is 0 Å². The Kier molecular flexibility index (Phi) is 4.68. The number of rotatable bonds is 5. The Hall–Kier alpha value is -1.24. The highest BCUT2D eigenvalue weighted by atomic mass is 32.2. The molecule has 1 aromatic rings. The van der Waals surface area contributed by atoms with Gasteiger partial charge in [-0.15, -0.1) is 11.8 Å². The molecular formula is C13H17NO4S. The summed E-state index contributed by atoms with van der Waals surface area (Å²) in [5, 5.41) is 18.3. The summed E-state index contributed by atoms with van der Waals surface area (Å²) in [4.78, 5) is 13.4. The van der Waals surface area contributed by atoms with Crippen LogP contribution >= 0.6 is 11.8 Å². The highest BCUT2D eigenvalue weighted by Crippen LogP contribution is 2.39. The van der Waals surface area contributed by atoms with Gasteiger partial charge in [0.1, 0.15) is 11.1 Å². The van der Waals surface area contributed by atoms with Crippen molar-refractivity contribution in [3.05, 3.63) is 29.8 Å². The Morgan fingerprint density at radius 3 is 3.05 bits per heavy atom. The lowest BCUT2D eigenvalue weighted by Crippen LogP contribution is -2.37. The SMILES string of the molecule is COc1cccc(C2SCC(=O)N2C[C@H](O)CO)c1. The normalized spacial score (nSPS) is 20.7. The number of aliphatic hydroxyl groups is 2. The van der Waals surface area contributed by atoms with Crippen LogP contribution in [0.3, 0.4) is 0 Å². The fourth-order valence-electron chi connectivity index (χ4n) is 2.01. The summed E-state index contributed by atoms with van der Waals surface area (Å²) in [5.74, 6) is 1.10. The zero-order valence-electron chi connectivity index (χ0n) is 10.7. The maximum Gasteiger partial charge on any atom is 0.233 e. The summed E-state index contributed by atoms with van der Waals surface area (Å²) in [5.41, 5.74) is 0.959. The van der Waals surface area contributed by atoms with Gasteiger partial charge in [-0.05, 0) is 17.7 Å². The highest BCUT2D eigenvalue weighted by Gasteiger charge is 2.33. The number of thioether (sulfide) groups is 1. The van der Waals surface area contributed by atoms with Crippen molar-refractivity contribution in [2.24, 2.45) is 0 Å². The number of methoxy groups -OCH3 is 1. The molecule has 2 rings (SSSR count). The zero-order valence-corrected chi connectivity index (χ0v) is 11.5. The predicted molar refractivity (Wildman–Crippen MR) is 73.0 cm³/mol. The van der Waals surface area contributed by atoms with Crippen molar-refractivity contribution < 1.29 is 19.7 Å². The minimum absolute atomic E-state index is 0.0229. The first-order valence-corrected chi connectivity index (χ1v) is 7.04. The molecule has 1 aliphatic rings. The first-order chi connectivity index (χ1) is 9.15. The van der Waals surface area contributed by atoms with E-state index in [-0.39, 0.29) is 24.4 Å². The second kappa shape index (κ2) is 6.27. The van der Waals surface area contributed by atoms with Gasteiger partial charge in [-0.2, -0.15) is 0 Å². The Morgan fingerprint density at radius 1 is 1.58 bits per heavy atom. The van der Waals surface area contributed by atoms with E-state index in [0.29, 0.717) is 5.75 Å². The van der Waals surface area contributed by atoms with E-state index in [9.17, 15) is 9.90 Å². The second-order valence-corrected chi connectivity index (χ2v) is 5.39. The average Bonchev–Trinajstić information content (AvgIpc) is 2.80. The maximum absolute atomic E-state index is 11.8. The molecule has 1 fully saturated rings. The number of hydrogen-bond acceptors (Lipinski definition) is 5. The summed E-state index contributed by atoms with van der Waals surface area (Å²) in [7, 11) is 1.60. The summed E-state index contributed by atoms with van der Waals surface area (Å²) in [6.07, 6.45) is -0.907. The van der Waals surface area contributed by atoms with Crippen molar-refractivity contribution in [1.29, 1.82) is 0 Å². The first-order valence-electron chi connectivity index (χ1n) is 5.99. The Bertz CT molecular complexity index is 454. The van der Waals surface area contributed by atoms with Crippen LogP contribution in [-0.2, 0) is 4.79 Å². The molecular weight excluding hydrogens is 266 g/mol. The van der Waals surface area contributed by atoms with Gasteiger partial charge in [0.25, 0.3) is 0 Å². The van der Waals surface area contributed by atoms with Gasteiger partial charge in [0.05, 0.1) is 32.1 Å². The van der Waals surface area contributed by atoms with E-state index in [1.54, 1.807) is 12.0 Å². The third kappa shape index (κ3) is 3.20. The van der Waals surface area contributed by atoms with E-state index >= 15 is 0 Å². The van der Waals surface area contributed by atoms with Gasteiger partial charge in [0.2, 0.25) is 5.91 Å². The number of hydrogen-bond donors (Lipinski definition) is 2. The van der Waals surface area contributed by atoms with Gasteiger partial charge in [-0.25, -0.2) is 0 Å². The molecule has 104 valence electrons. The third-order valence-corrected chi connectivity index (χ3v) is 4.22. The number of carbonyl (C=O) groups is 1. The molecule has 1 unspecified atom stereocenters. The second-order valence-electron chi connectivity index (χ2n) is 4.32. The van der Waals surface area contributed by atoms with Crippen LogP contribution < -0.4 is 4.74 Å². The van der Waals surface area contributed by atoms with Crippen molar-refractivity contribution in [2.75, 3.05) is 26.0 Å². The zero-order chi connectivity index (χ0) is 13.8. The molecule has 0 saturated carbocycles. The number of aliphatic hydroxyl groups excluding tert-OH is 2. The summed E-state index contributed by atoms with van der Waals surface area (Å²) >= 11 is 1.51. The molecule has 0 aliphatic carbocycles. The van der Waals surface area contributed by atoms with Crippen LogP contribution in [-0.4, -0.2) is 53.1 Å². The van der Waals surface area contributed by atoms with Crippen molar-refractivity contribution >= 4 is 17.7 Å². The minimum Gasteiger partial charge on any atom is -0.497 e. The first kappa shape index (κ1) is 14.2. The van der Waals surface area contributed by atoms with Crippen LogP contribution in [0.5, 0.6) is 5.75 Å². The fourth-order valence-corrected chi connectivity index (χ4v) is 3.20. The molecule has 1 heterocycles. The van der Waals surface area contributed by atoms with Gasteiger partial charge >= 0.3 is 0 Å². The molecule has 19 heavy (non-hydrogen) atoms. The smallest absolute Gasteiger partial charge is 0.233 e. The summed E-state index contributed by atoms with van der Waals surface area (Å²) < 4.78 is 5.18. The number of carbonyl (C=O) groups excluding carboxylic acids is 1. The van der Waals surface area contributed by atoms with Crippen LogP contribution in [0.2, 0.25) is 0 Å². The van der Waals surface area contributed by atoms with Crippen LogP contribution in [0, 0.1) is 0 Å². The van der Waals surface area contributed by atoms with Gasteiger partial charge in [0, 0.05) is 0 Å². The molecule has 0 bridgehead atoms. The monoisotopic (exact) mass is 283 g/mol. The minimum atomic E-state index is -0.907. The quantitative estimate of drug-likeness (QED) is 0.829. The van der Waals surface area contributed by atoms with E-state index in [4.69, 9.17) is 9.84 Å². The van der Waals surface area contributed by atoms with Crippen molar-refractivity contribution in [2.45, 2.75) is 11.5 Å². The Morgan fingerprint density at radius 2 is 2.37 bits per heavy atom.